The van der Waals surface area contributed by atoms with Gasteiger partial charge < -0.3 is 9.88 Å². The molecule has 0 fully saturated rings. The van der Waals surface area contributed by atoms with Gasteiger partial charge >= 0.3 is 0 Å². The zero-order chi connectivity index (χ0) is 10.2. The van der Waals surface area contributed by atoms with Crippen LogP contribution in [0.15, 0.2) is 19.0 Å². The van der Waals surface area contributed by atoms with Crippen LogP contribution < -0.4 is 5.32 Å². The van der Waals surface area contributed by atoms with Gasteiger partial charge in [0, 0.05) is 20.0 Å². The van der Waals surface area contributed by atoms with Gasteiger partial charge in [-0.3, -0.25) is 0 Å². The molecular formula is C10H18N4. The molecule has 0 aliphatic rings. The van der Waals surface area contributed by atoms with Crippen molar-refractivity contribution in [3.8, 4) is 0 Å². The van der Waals surface area contributed by atoms with E-state index in [9.17, 15) is 0 Å². The van der Waals surface area contributed by atoms with Crippen LogP contribution in [0.4, 0.5) is 0 Å². The van der Waals surface area contributed by atoms with E-state index < -0.39 is 0 Å². The first-order valence-electron chi connectivity index (χ1n) is 4.99. The minimum absolute atomic E-state index is 0.935. The van der Waals surface area contributed by atoms with Gasteiger partial charge in [0.1, 0.15) is 12.2 Å². The lowest BCUT2D eigenvalue weighted by Crippen LogP contribution is -2.19. The van der Waals surface area contributed by atoms with Crippen LogP contribution in [0.2, 0.25) is 0 Å². The smallest absolute Gasteiger partial charge is 0.133 e. The maximum Gasteiger partial charge on any atom is 0.133 e. The van der Waals surface area contributed by atoms with Gasteiger partial charge in [-0.25, -0.2) is 0 Å². The lowest BCUT2D eigenvalue weighted by Gasteiger charge is -2.02. The second-order valence-corrected chi connectivity index (χ2v) is 3.29. The molecule has 1 rings (SSSR count). The Hall–Kier alpha value is -1.16. The van der Waals surface area contributed by atoms with Crippen molar-refractivity contribution >= 4 is 0 Å². The zero-order valence-electron chi connectivity index (χ0n) is 8.74. The fourth-order valence-corrected chi connectivity index (χ4v) is 1.23. The Morgan fingerprint density at radius 3 is 3.07 bits per heavy atom. The molecule has 0 aliphatic heterocycles. The lowest BCUT2D eigenvalue weighted by atomic mass is 10.3. The Bertz CT molecular complexity index is 267. The maximum atomic E-state index is 4.01. The molecule has 1 N–H and O–H groups in total. The van der Waals surface area contributed by atoms with Gasteiger partial charge in [-0.2, -0.15) is 0 Å². The van der Waals surface area contributed by atoms with E-state index in [-0.39, 0.29) is 0 Å². The molecular weight excluding hydrogens is 176 g/mol. The summed E-state index contributed by atoms with van der Waals surface area (Å²) in [7, 11) is 1.97. The highest BCUT2D eigenvalue weighted by molar-refractivity contribution is 4.84. The van der Waals surface area contributed by atoms with Gasteiger partial charge in [-0.1, -0.05) is 6.08 Å². The second-order valence-electron chi connectivity index (χ2n) is 3.29. The number of hydrogen-bond acceptors (Lipinski definition) is 3. The maximum absolute atomic E-state index is 4.01. The van der Waals surface area contributed by atoms with Crippen LogP contribution in [0.25, 0.3) is 0 Å². The van der Waals surface area contributed by atoms with Crippen molar-refractivity contribution in [2.45, 2.75) is 19.3 Å². The molecule has 1 aromatic rings. The largest absolute Gasteiger partial charge is 0.321 e. The van der Waals surface area contributed by atoms with Gasteiger partial charge in [-0.15, -0.1) is 16.8 Å². The summed E-state index contributed by atoms with van der Waals surface area (Å²) in [5.41, 5.74) is 0. The van der Waals surface area contributed by atoms with Crippen LogP contribution in [-0.4, -0.2) is 27.9 Å². The number of hydrogen-bond donors (Lipinski definition) is 1. The summed E-state index contributed by atoms with van der Waals surface area (Å²) < 4.78 is 1.95. The topological polar surface area (TPSA) is 42.7 Å². The Labute approximate surface area is 85.0 Å². The number of nitrogens with one attached hydrogen (secondary N) is 1. The van der Waals surface area contributed by atoms with Crippen molar-refractivity contribution < 1.29 is 0 Å². The molecule has 0 spiro atoms. The third-order valence-electron chi connectivity index (χ3n) is 2.09. The fraction of sp³-hybridized carbons (Fsp3) is 0.600. The van der Waals surface area contributed by atoms with Gasteiger partial charge in [0.15, 0.2) is 0 Å². The van der Waals surface area contributed by atoms with Crippen molar-refractivity contribution in [2.24, 2.45) is 7.05 Å². The monoisotopic (exact) mass is 194 g/mol. The average Bonchev–Trinajstić information content (AvgIpc) is 2.58. The molecule has 0 bridgehead atoms. The first-order chi connectivity index (χ1) is 6.84. The van der Waals surface area contributed by atoms with E-state index >= 15 is 0 Å². The fourth-order valence-electron chi connectivity index (χ4n) is 1.23. The van der Waals surface area contributed by atoms with Crippen LogP contribution >= 0.6 is 0 Å². The summed E-state index contributed by atoms with van der Waals surface area (Å²) in [6, 6.07) is 0. The molecule has 1 aromatic heterocycles. The van der Waals surface area contributed by atoms with Crippen LogP contribution in [-0.2, 0) is 13.5 Å². The van der Waals surface area contributed by atoms with Crippen LogP contribution in [0.1, 0.15) is 18.7 Å². The van der Waals surface area contributed by atoms with Crippen molar-refractivity contribution in [1.29, 1.82) is 0 Å². The molecule has 0 atom stereocenters. The number of nitrogens with zero attached hydrogens (tertiary/aromatic N) is 3. The number of rotatable bonds is 7. The second kappa shape index (κ2) is 6.32. The third kappa shape index (κ3) is 3.70. The van der Waals surface area contributed by atoms with E-state index in [0.29, 0.717) is 0 Å². The molecule has 78 valence electrons. The number of allylic oxidation sites excluding steroid dienone is 1. The van der Waals surface area contributed by atoms with E-state index in [1.807, 2.05) is 17.7 Å². The molecule has 0 amide bonds. The molecule has 0 aliphatic carbocycles. The minimum atomic E-state index is 0.935. The molecule has 0 saturated heterocycles. The van der Waals surface area contributed by atoms with Crippen LogP contribution in [0, 0.1) is 0 Å². The standard InChI is InChI=1S/C10H18N4/c1-3-4-5-7-11-8-6-10-13-12-9-14(10)2/h3,9,11H,1,4-8H2,2H3. The van der Waals surface area contributed by atoms with Crippen molar-refractivity contribution in [1.82, 2.24) is 20.1 Å². The normalized spacial score (nSPS) is 10.4. The summed E-state index contributed by atoms with van der Waals surface area (Å²) >= 11 is 0. The summed E-state index contributed by atoms with van der Waals surface area (Å²) in [6.07, 6.45) is 6.85. The Morgan fingerprint density at radius 2 is 2.43 bits per heavy atom. The summed E-state index contributed by atoms with van der Waals surface area (Å²) in [5, 5.41) is 11.2. The molecule has 0 saturated carbocycles. The van der Waals surface area contributed by atoms with Gasteiger partial charge in [0.2, 0.25) is 0 Å². The SMILES string of the molecule is C=CCCCNCCc1nncn1C. The predicted molar refractivity (Wildman–Crippen MR) is 57.0 cm³/mol. The summed E-state index contributed by atoms with van der Waals surface area (Å²) in [6.45, 7) is 5.69. The van der Waals surface area contributed by atoms with E-state index in [1.54, 1.807) is 6.33 Å². The summed E-state index contributed by atoms with van der Waals surface area (Å²) in [4.78, 5) is 0. The predicted octanol–water partition coefficient (Wildman–Crippen LogP) is 0.913. The van der Waals surface area contributed by atoms with Crippen molar-refractivity contribution in [2.75, 3.05) is 13.1 Å². The van der Waals surface area contributed by atoms with E-state index in [0.717, 1.165) is 38.2 Å². The van der Waals surface area contributed by atoms with Crippen molar-refractivity contribution in [3.63, 3.8) is 0 Å². The highest BCUT2D eigenvalue weighted by Crippen LogP contribution is 1.91. The molecule has 0 unspecified atom stereocenters. The zero-order valence-corrected chi connectivity index (χ0v) is 8.74. The number of aromatic nitrogens is 3. The van der Waals surface area contributed by atoms with Crippen LogP contribution in [0.3, 0.4) is 0 Å². The first kappa shape index (κ1) is 10.9. The van der Waals surface area contributed by atoms with Crippen molar-refractivity contribution in [3.05, 3.63) is 24.8 Å². The molecule has 0 radical (unpaired) electrons. The Balaban J connectivity index is 2.04. The van der Waals surface area contributed by atoms with Crippen LogP contribution in [0.5, 0.6) is 0 Å². The Morgan fingerprint density at radius 1 is 1.57 bits per heavy atom. The molecule has 0 aromatic carbocycles. The highest BCUT2D eigenvalue weighted by Gasteiger charge is 1.98. The van der Waals surface area contributed by atoms with E-state index in [2.05, 4.69) is 22.1 Å². The third-order valence-corrected chi connectivity index (χ3v) is 2.09. The number of unbranched alkanes of at least 4 members (excludes halogenated alkanes) is 1. The molecule has 14 heavy (non-hydrogen) atoms. The minimum Gasteiger partial charge on any atom is -0.321 e. The highest BCUT2D eigenvalue weighted by atomic mass is 15.2. The van der Waals surface area contributed by atoms with Gasteiger partial charge in [0.05, 0.1) is 0 Å². The number of aryl methyl sites for hydroxylation is 1. The lowest BCUT2D eigenvalue weighted by molar-refractivity contribution is 0.631. The average molecular weight is 194 g/mol. The van der Waals surface area contributed by atoms with E-state index in [1.165, 1.54) is 0 Å². The van der Waals surface area contributed by atoms with Gasteiger partial charge in [0.25, 0.3) is 0 Å². The summed E-state index contributed by atoms with van der Waals surface area (Å²) in [5.74, 6) is 1.03. The van der Waals surface area contributed by atoms with Gasteiger partial charge in [-0.05, 0) is 19.4 Å². The molecule has 1 heterocycles. The quantitative estimate of drug-likeness (QED) is 0.518. The molecule has 4 heteroatoms. The molecule has 4 nitrogen and oxygen atoms in total. The van der Waals surface area contributed by atoms with E-state index in [4.69, 9.17) is 0 Å². The Kier molecular flexibility index (Phi) is 4.93. The first-order valence-corrected chi connectivity index (χ1v) is 4.99.